The highest BCUT2D eigenvalue weighted by Crippen LogP contribution is 2.24. The summed E-state index contributed by atoms with van der Waals surface area (Å²) in [6.45, 7) is 1.98. The molecule has 0 atom stereocenters. The van der Waals surface area contributed by atoms with Gasteiger partial charge in [-0.05, 0) is 24.1 Å². The molecule has 6 nitrogen and oxygen atoms in total. The third-order valence-corrected chi connectivity index (χ3v) is 2.79. The van der Waals surface area contributed by atoms with Gasteiger partial charge in [0.25, 0.3) is 0 Å². The Morgan fingerprint density at radius 3 is 2.63 bits per heavy atom. The molecule has 2 heterocycles. The molecule has 0 aliphatic heterocycles. The molecule has 1 N–H and O–H groups in total. The van der Waals surface area contributed by atoms with E-state index in [-0.39, 0.29) is 0 Å². The summed E-state index contributed by atoms with van der Waals surface area (Å²) in [7, 11) is 0. The van der Waals surface area contributed by atoms with Crippen LogP contribution in [0.5, 0.6) is 0 Å². The summed E-state index contributed by atoms with van der Waals surface area (Å²) in [6.07, 6.45) is 4.72. The summed E-state index contributed by atoms with van der Waals surface area (Å²) < 4.78 is 0. The quantitative estimate of drug-likeness (QED) is 0.673. The Bertz CT molecular complexity index is 650. The van der Waals surface area contributed by atoms with Gasteiger partial charge in [-0.15, -0.1) is 0 Å². The molecule has 2 aromatic heterocycles. The highest BCUT2D eigenvalue weighted by Gasteiger charge is 2.17. The van der Waals surface area contributed by atoms with Crippen LogP contribution in [0.1, 0.15) is 19.0 Å². The first-order valence-electron chi connectivity index (χ1n) is 5.94. The average Bonchev–Trinajstić information content (AvgIpc) is 2.40. The maximum absolute atomic E-state index is 11.6. The molecular weight excluding hydrogens is 246 g/mol. The maximum atomic E-state index is 11.6. The number of rotatable bonds is 4. The van der Waals surface area contributed by atoms with E-state index in [0.29, 0.717) is 17.7 Å². The minimum Gasteiger partial charge on any atom is -0.320 e. The number of aryl methyl sites for hydroxylation is 1. The van der Waals surface area contributed by atoms with Crippen molar-refractivity contribution in [1.29, 1.82) is 0 Å². The zero-order valence-corrected chi connectivity index (χ0v) is 10.4. The zero-order chi connectivity index (χ0) is 13.8. The van der Waals surface area contributed by atoms with Gasteiger partial charge in [-0.3, -0.25) is 19.9 Å². The second-order valence-electron chi connectivity index (χ2n) is 4.12. The molecule has 0 aromatic carbocycles. The van der Waals surface area contributed by atoms with E-state index in [0.717, 1.165) is 12.0 Å². The number of hydrogen-bond donors (Lipinski definition) is 1. The number of hydrogen-bond acceptors (Lipinski definition) is 4. The van der Waals surface area contributed by atoms with Crippen molar-refractivity contribution in [2.75, 3.05) is 0 Å². The highest BCUT2D eigenvalue weighted by molar-refractivity contribution is 5.67. The summed E-state index contributed by atoms with van der Waals surface area (Å²) in [5.41, 5.74) is 1.09. The number of nitrogens with one attached hydrogen (secondary N) is 1. The lowest BCUT2D eigenvalue weighted by atomic mass is 10.0. The molecule has 0 fully saturated rings. The Balaban J connectivity index is 2.66. The summed E-state index contributed by atoms with van der Waals surface area (Å²) >= 11 is 0. The first-order chi connectivity index (χ1) is 9.13. The lowest BCUT2D eigenvalue weighted by Crippen LogP contribution is -2.14. The number of nitro groups is 1. The molecule has 0 unspecified atom stereocenters. The second kappa shape index (κ2) is 5.43. The summed E-state index contributed by atoms with van der Waals surface area (Å²) in [5.74, 6) is 0. The SMILES string of the molecule is CCCc1[nH]c(=O)c([N+](=O)[O-])cc1-c1ccncc1. The predicted molar refractivity (Wildman–Crippen MR) is 70.9 cm³/mol. The van der Waals surface area contributed by atoms with Crippen molar-refractivity contribution in [2.45, 2.75) is 19.8 Å². The molecule has 0 radical (unpaired) electrons. The van der Waals surface area contributed by atoms with Gasteiger partial charge in [0.1, 0.15) is 0 Å². The van der Waals surface area contributed by atoms with Crippen LogP contribution in [0.15, 0.2) is 35.4 Å². The van der Waals surface area contributed by atoms with Gasteiger partial charge in [-0.25, -0.2) is 0 Å². The Hall–Kier alpha value is -2.50. The minimum atomic E-state index is -0.667. The Morgan fingerprint density at radius 2 is 2.05 bits per heavy atom. The fraction of sp³-hybridized carbons (Fsp3) is 0.231. The monoisotopic (exact) mass is 259 g/mol. The van der Waals surface area contributed by atoms with Gasteiger partial charge in [0.2, 0.25) is 0 Å². The third kappa shape index (κ3) is 2.67. The van der Waals surface area contributed by atoms with Gasteiger partial charge in [-0.1, -0.05) is 13.3 Å². The van der Waals surface area contributed by atoms with E-state index >= 15 is 0 Å². The van der Waals surface area contributed by atoms with Crippen LogP contribution in [0.3, 0.4) is 0 Å². The van der Waals surface area contributed by atoms with Gasteiger partial charge in [0, 0.05) is 29.7 Å². The van der Waals surface area contributed by atoms with E-state index in [1.807, 2.05) is 6.92 Å². The van der Waals surface area contributed by atoms with Crippen LogP contribution in [0.4, 0.5) is 5.69 Å². The molecule has 6 heteroatoms. The van der Waals surface area contributed by atoms with Crippen LogP contribution >= 0.6 is 0 Å². The number of nitrogens with zero attached hydrogens (tertiary/aromatic N) is 2. The van der Waals surface area contributed by atoms with Crippen LogP contribution in [-0.2, 0) is 6.42 Å². The smallest absolute Gasteiger partial charge is 0.320 e. The largest absolute Gasteiger partial charge is 0.334 e. The fourth-order valence-electron chi connectivity index (χ4n) is 1.93. The molecular formula is C13H13N3O3. The van der Waals surface area contributed by atoms with Crippen molar-refractivity contribution < 1.29 is 4.92 Å². The summed E-state index contributed by atoms with van der Waals surface area (Å²) in [5, 5.41) is 10.8. The van der Waals surface area contributed by atoms with Gasteiger partial charge in [0.15, 0.2) is 0 Å². The van der Waals surface area contributed by atoms with Crippen molar-refractivity contribution in [1.82, 2.24) is 9.97 Å². The van der Waals surface area contributed by atoms with E-state index in [2.05, 4.69) is 9.97 Å². The predicted octanol–water partition coefficient (Wildman–Crippen LogP) is 2.30. The third-order valence-electron chi connectivity index (χ3n) is 2.79. The molecule has 0 saturated heterocycles. The number of aromatic amines is 1. The van der Waals surface area contributed by atoms with Crippen molar-refractivity contribution in [3.05, 3.63) is 56.8 Å². The van der Waals surface area contributed by atoms with Crippen LogP contribution in [0.25, 0.3) is 11.1 Å². The first kappa shape index (κ1) is 12.9. The number of H-pyrrole nitrogens is 1. The Kier molecular flexibility index (Phi) is 3.70. The lowest BCUT2D eigenvalue weighted by Gasteiger charge is -2.08. The molecule has 2 rings (SSSR count). The van der Waals surface area contributed by atoms with Crippen LogP contribution in [0, 0.1) is 10.1 Å². The van der Waals surface area contributed by atoms with Gasteiger partial charge in [-0.2, -0.15) is 0 Å². The van der Waals surface area contributed by atoms with Gasteiger partial charge >= 0.3 is 11.2 Å². The first-order valence-corrected chi connectivity index (χ1v) is 5.94. The molecule has 0 bridgehead atoms. The summed E-state index contributed by atoms with van der Waals surface area (Å²) in [4.78, 5) is 28.3. The van der Waals surface area contributed by atoms with Crippen LogP contribution < -0.4 is 5.56 Å². The molecule has 0 aliphatic carbocycles. The second-order valence-corrected chi connectivity index (χ2v) is 4.12. The normalized spacial score (nSPS) is 10.4. The topological polar surface area (TPSA) is 88.9 Å². The van der Waals surface area contributed by atoms with Crippen molar-refractivity contribution in [3.8, 4) is 11.1 Å². The molecule has 0 amide bonds. The minimum absolute atomic E-state index is 0.438. The molecule has 2 aromatic rings. The highest BCUT2D eigenvalue weighted by atomic mass is 16.6. The molecule has 0 saturated carbocycles. The van der Waals surface area contributed by atoms with E-state index < -0.39 is 16.2 Å². The number of pyridine rings is 2. The van der Waals surface area contributed by atoms with Crippen molar-refractivity contribution in [2.24, 2.45) is 0 Å². The van der Waals surface area contributed by atoms with Crippen molar-refractivity contribution >= 4 is 5.69 Å². The van der Waals surface area contributed by atoms with E-state index in [1.54, 1.807) is 24.5 Å². The fourth-order valence-corrected chi connectivity index (χ4v) is 1.93. The standard InChI is InChI=1S/C13H13N3O3/c1-2-3-11-10(9-4-6-14-7-5-9)8-12(16(18)19)13(17)15-11/h4-8H,2-3H2,1H3,(H,15,17). The van der Waals surface area contributed by atoms with Crippen molar-refractivity contribution in [3.63, 3.8) is 0 Å². The van der Waals surface area contributed by atoms with Gasteiger partial charge in [0.05, 0.1) is 4.92 Å². The van der Waals surface area contributed by atoms with Gasteiger partial charge < -0.3 is 4.98 Å². The van der Waals surface area contributed by atoms with E-state index in [1.165, 1.54) is 6.07 Å². The maximum Gasteiger partial charge on any atom is 0.334 e. The Morgan fingerprint density at radius 1 is 1.37 bits per heavy atom. The molecule has 0 aliphatic rings. The lowest BCUT2D eigenvalue weighted by molar-refractivity contribution is -0.386. The zero-order valence-electron chi connectivity index (χ0n) is 10.4. The van der Waals surface area contributed by atoms with E-state index in [9.17, 15) is 14.9 Å². The molecule has 19 heavy (non-hydrogen) atoms. The van der Waals surface area contributed by atoms with E-state index in [4.69, 9.17) is 0 Å². The van der Waals surface area contributed by atoms with Crippen LogP contribution in [0.2, 0.25) is 0 Å². The van der Waals surface area contributed by atoms with Crippen LogP contribution in [-0.4, -0.2) is 14.9 Å². The summed E-state index contributed by atoms with van der Waals surface area (Å²) in [6, 6.07) is 4.85. The number of aromatic nitrogens is 2. The molecule has 98 valence electrons. The average molecular weight is 259 g/mol. The molecule has 0 spiro atoms. The Labute approximate surface area is 109 Å².